The predicted molar refractivity (Wildman–Crippen MR) is 135 cm³/mol. The molecule has 0 N–H and O–H groups in total. The monoisotopic (exact) mass is 520 g/mol. The molecule has 2 aromatic carbocycles. The van der Waals surface area contributed by atoms with Gasteiger partial charge in [-0.2, -0.15) is 13.2 Å². The summed E-state index contributed by atoms with van der Waals surface area (Å²) in [5.41, 5.74) is -15.0. The van der Waals surface area contributed by atoms with Crippen LogP contribution in [0.25, 0.3) is 0 Å². The number of benzene rings is 2. The first kappa shape index (κ1) is 6.75. The van der Waals surface area contributed by atoms with Crippen molar-refractivity contribution in [2.24, 2.45) is 11.0 Å². The number of nitrogens with zero attached hydrogens (tertiary/aromatic N) is 2. The third-order valence-corrected chi connectivity index (χ3v) is 4.11. The Kier molecular flexibility index (Phi) is 2.15. The van der Waals surface area contributed by atoms with Crippen molar-refractivity contribution >= 4 is 5.71 Å². The van der Waals surface area contributed by atoms with Crippen molar-refractivity contribution in [1.29, 1.82) is 0 Å². The maximum Gasteiger partial charge on any atom is 0.416 e. The van der Waals surface area contributed by atoms with Crippen LogP contribution < -0.4 is 0 Å². The minimum absolute atomic E-state index is 0.329. The topological polar surface area (TPSA) is 24.8 Å². The lowest BCUT2D eigenvalue weighted by Gasteiger charge is -2.31. The van der Waals surface area contributed by atoms with Crippen LogP contribution in [-0.2, 0) is 30.4 Å². The van der Waals surface area contributed by atoms with Crippen LogP contribution >= 0.6 is 0 Å². The summed E-state index contributed by atoms with van der Waals surface area (Å²) in [4.78, 5) is 4.02. The average Bonchev–Trinajstić information content (AvgIpc) is 3.11. The standard InChI is InChI=1S/C29H37F3N2O/c1-4-23-17-25(11-12-26(23)18-34-14-5-15-34)21(3)33-35-19-22-8-13-27(28(16-22)29(30,31)32)24-9-6-20(2)7-10-24/h8,11-13,16-17,20,24H,4-7,9-10,14-15,18-19H2,1-3H3/b33-21+/i1D3,3D3,4D2,5D2,6D2,7D2,8D,9D2,10D2,11D,12D,13D,14D2,15D2,16D,17D,18D2,19D2,20D,24D. The van der Waals surface area contributed by atoms with Crippen LogP contribution in [0.15, 0.2) is 41.4 Å². The average molecular weight is 521 g/mol. The van der Waals surface area contributed by atoms with Gasteiger partial charge in [-0.25, -0.2) is 0 Å². The molecule has 2 aromatic rings. The minimum Gasteiger partial charge on any atom is -0.391 e. The molecule has 0 atom stereocenters. The summed E-state index contributed by atoms with van der Waals surface area (Å²) in [6.45, 7) is -23.9. The Morgan fingerprint density at radius 3 is 2.71 bits per heavy atom. The van der Waals surface area contributed by atoms with Crippen LogP contribution in [0, 0.1) is 5.89 Å². The maximum absolute atomic E-state index is 15.2. The zero-order valence-corrected chi connectivity index (χ0v) is 17.4. The number of halogens is 3. The fraction of sp³-hybridized carbons (Fsp3) is 0.552. The summed E-state index contributed by atoms with van der Waals surface area (Å²) in [5, 5.41) is 2.94. The first-order valence-electron chi connectivity index (χ1n) is 26.3. The molecule has 1 saturated carbocycles. The van der Waals surface area contributed by atoms with Gasteiger partial charge in [-0.3, -0.25) is 4.90 Å². The fourth-order valence-corrected chi connectivity index (χ4v) is 2.50. The number of likely N-dealkylation sites (tertiary alicyclic amines) is 1. The zero-order chi connectivity index (χ0) is 55.0. The molecule has 190 valence electrons. The quantitative estimate of drug-likeness (QED) is 0.263. The molecule has 3 nitrogen and oxygen atoms in total. The molecule has 6 heteroatoms. The SMILES string of the molecule is [2H]c1c([2H])c(C([2H])([2H])N2C([2H])([2H])C([2H])([2H])C2([2H])[2H])c(C([2H])([2H])C([2H])([2H])[2H])c([2H])c1/C(=N/OC([2H])([2H])c1c([2H])c([2H])c(C2([2H])C([2H])([2H])C([2H])([2H])C([2H])(C)C([2H])([2H])C2([2H])[2H])c(C(F)(F)F)c1[2H])C([2H])([2H])[2H]. The molecule has 0 aromatic heterocycles. The first-order valence-corrected chi connectivity index (χ1v) is 9.35. The molecule has 0 bridgehead atoms. The molecular formula is C29H37F3N2O. The van der Waals surface area contributed by atoms with Gasteiger partial charge in [0.2, 0.25) is 0 Å². The van der Waals surface area contributed by atoms with Crippen molar-refractivity contribution in [3.63, 3.8) is 0 Å². The summed E-state index contributed by atoms with van der Waals surface area (Å²) in [7, 11) is 0. The molecule has 1 saturated heterocycles. The van der Waals surface area contributed by atoms with Crippen molar-refractivity contribution in [3.8, 4) is 0 Å². The summed E-state index contributed by atoms with van der Waals surface area (Å²) >= 11 is 0. The van der Waals surface area contributed by atoms with E-state index in [4.69, 9.17) is 46.6 Å². The second-order valence-electron chi connectivity index (χ2n) is 6.55. The van der Waals surface area contributed by atoms with Gasteiger partial charge in [0.05, 0.1) is 22.2 Å². The van der Waals surface area contributed by atoms with Gasteiger partial charge in [-0.15, -0.1) is 0 Å². The van der Waals surface area contributed by atoms with Gasteiger partial charge in [-0.1, -0.05) is 55.8 Å². The van der Waals surface area contributed by atoms with Crippen molar-refractivity contribution < 1.29 is 64.6 Å². The van der Waals surface area contributed by atoms with Gasteiger partial charge in [0.1, 0.15) is 6.56 Å². The summed E-state index contributed by atoms with van der Waals surface area (Å²) in [6, 6.07) is -12.3. The second kappa shape index (κ2) is 11.2. The molecule has 1 aliphatic carbocycles. The lowest BCUT2D eigenvalue weighted by atomic mass is 9.78. The number of hydrogen-bond acceptors (Lipinski definition) is 3. The van der Waals surface area contributed by atoms with Gasteiger partial charge in [-0.05, 0) is 97.0 Å². The van der Waals surface area contributed by atoms with Gasteiger partial charge in [0.25, 0.3) is 0 Å². The van der Waals surface area contributed by atoms with E-state index >= 15 is 13.2 Å². The van der Waals surface area contributed by atoms with E-state index in [1.54, 1.807) is 0 Å². The normalized spacial score (nSPS) is 52.1. The Morgan fingerprint density at radius 1 is 1.20 bits per heavy atom. The summed E-state index contributed by atoms with van der Waals surface area (Å²) in [5.74, 6) is -8.28. The molecule has 4 rings (SSSR count). The summed E-state index contributed by atoms with van der Waals surface area (Å²) in [6.07, 6.45) is -31.4. The minimum atomic E-state index is -6.27. The second-order valence-corrected chi connectivity index (χ2v) is 6.55. The molecule has 2 fully saturated rings. The number of alkyl halides is 3. The van der Waals surface area contributed by atoms with E-state index in [1.807, 2.05) is 0 Å². The number of rotatable bonds is 8. The molecular weight excluding hydrogens is 449 g/mol. The Bertz CT molecular complexity index is 2440. The predicted octanol–water partition coefficient (Wildman–Crippen LogP) is 7.71. The van der Waals surface area contributed by atoms with Gasteiger partial charge >= 0.3 is 6.18 Å². The van der Waals surface area contributed by atoms with Crippen molar-refractivity contribution in [2.45, 2.75) is 84.0 Å². The van der Waals surface area contributed by atoms with E-state index in [0.29, 0.717) is 6.92 Å². The van der Waals surface area contributed by atoms with E-state index in [1.165, 1.54) is 0 Å². The van der Waals surface area contributed by atoms with E-state index in [-0.39, 0.29) is 0 Å². The third-order valence-electron chi connectivity index (χ3n) is 4.11. The van der Waals surface area contributed by atoms with Crippen molar-refractivity contribution in [2.75, 3.05) is 13.0 Å². The van der Waals surface area contributed by atoms with Crippen molar-refractivity contribution in [1.82, 2.24) is 4.90 Å². The third kappa shape index (κ3) is 6.46. The zero-order valence-electron chi connectivity index (χ0n) is 51.4. The molecule has 1 heterocycles. The van der Waals surface area contributed by atoms with Gasteiger partial charge < -0.3 is 4.84 Å². The first-order chi connectivity index (χ1) is 29.9. The highest BCUT2D eigenvalue weighted by Crippen LogP contribution is 2.42. The number of hydrogen-bond donors (Lipinski definition) is 0. The molecule has 1 aliphatic heterocycles. The van der Waals surface area contributed by atoms with Gasteiger partial charge in [0.15, 0.2) is 0 Å². The molecule has 35 heavy (non-hydrogen) atoms. The van der Waals surface area contributed by atoms with Crippen molar-refractivity contribution in [3.05, 3.63) is 69.6 Å². The lowest BCUT2D eigenvalue weighted by Crippen LogP contribution is -2.36. The van der Waals surface area contributed by atoms with E-state index in [2.05, 4.69) is 9.99 Å². The highest BCUT2D eigenvalue weighted by molar-refractivity contribution is 5.98. The molecule has 0 unspecified atom stereocenters. The molecule has 2 aliphatic rings. The number of oxime groups is 1. The fourth-order valence-electron chi connectivity index (χ4n) is 2.50. The molecule has 0 radical (unpaired) electrons. The van der Waals surface area contributed by atoms with E-state index in [9.17, 15) is 0 Å². The smallest absolute Gasteiger partial charge is 0.391 e. The highest BCUT2D eigenvalue weighted by atomic mass is 19.4. The molecule has 0 amide bonds. The van der Waals surface area contributed by atoms with Crippen LogP contribution in [0.5, 0.6) is 0 Å². The van der Waals surface area contributed by atoms with Crippen LogP contribution in [0.2, 0.25) is 0 Å². The highest BCUT2D eigenvalue weighted by Gasteiger charge is 2.36. The maximum atomic E-state index is 15.2. The van der Waals surface area contributed by atoms with Crippen LogP contribution in [0.3, 0.4) is 0 Å². The van der Waals surface area contributed by atoms with Gasteiger partial charge in [0, 0.05) is 42.1 Å². The van der Waals surface area contributed by atoms with E-state index in [0.717, 1.165) is 0 Å². The Hall–Kier alpha value is -2.34. The lowest BCUT2D eigenvalue weighted by molar-refractivity contribution is -0.138. The Morgan fingerprint density at radius 2 is 2.00 bits per heavy atom. The van der Waals surface area contributed by atoms with Crippen LogP contribution in [-0.4, -0.2) is 23.6 Å². The summed E-state index contributed by atoms with van der Waals surface area (Å²) < 4.78 is 329. The van der Waals surface area contributed by atoms with E-state index < -0.39 is 176 Å². The van der Waals surface area contributed by atoms with Crippen LogP contribution in [0.1, 0.15) is 138 Å². The Labute approximate surface area is 255 Å². The van der Waals surface area contributed by atoms with Crippen LogP contribution in [0.4, 0.5) is 13.2 Å². The Balaban J connectivity index is 2.16. The molecule has 0 spiro atoms. The largest absolute Gasteiger partial charge is 0.416 e.